The summed E-state index contributed by atoms with van der Waals surface area (Å²) in [5.41, 5.74) is 3.94. The van der Waals surface area contributed by atoms with Gasteiger partial charge in [0.25, 0.3) is 5.56 Å². The van der Waals surface area contributed by atoms with E-state index in [1.54, 1.807) is 0 Å². The standard InChI is InChI=1S/C27H31NO4/c1-19(2)9-8-10-20(3)15-16-31-25-23-14-13-22(32-18-21-11-6-5-7-12-21)17-24(23)28-27(29)26(25)30-4/h5-7,9,11-15,17H,8,10,16,18H2,1-4H3,(H,28,29)/b20-15+. The number of methoxy groups -OCH3 is 1. The summed E-state index contributed by atoms with van der Waals surface area (Å²) in [4.78, 5) is 15.4. The predicted octanol–water partition coefficient (Wildman–Crippen LogP) is 6.19. The zero-order chi connectivity index (χ0) is 22.9. The van der Waals surface area contributed by atoms with Gasteiger partial charge < -0.3 is 19.2 Å². The summed E-state index contributed by atoms with van der Waals surface area (Å²) in [7, 11) is 1.47. The molecule has 0 spiro atoms. The highest BCUT2D eigenvalue weighted by molar-refractivity contribution is 5.88. The number of hydrogen-bond acceptors (Lipinski definition) is 4. The Morgan fingerprint density at radius 3 is 2.47 bits per heavy atom. The topological polar surface area (TPSA) is 60.6 Å². The Balaban J connectivity index is 1.78. The molecular formula is C27H31NO4. The Morgan fingerprint density at radius 2 is 1.75 bits per heavy atom. The molecular weight excluding hydrogens is 402 g/mol. The number of fused-ring (bicyclic) bond motifs is 1. The number of hydrogen-bond donors (Lipinski definition) is 1. The maximum atomic E-state index is 12.6. The summed E-state index contributed by atoms with van der Waals surface area (Å²) in [6, 6.07) is 15.5. The second-order valence-corrected chi connectivity index (χ2v) is 7.98. The largest absolute Gasteiger partial charge is 0.489 e. The fourth-order valence-corrected chi connectivity index (χ4v) is 3.35. The van der Waals surface area contributed by atoms with Crippen LogP contribution in [0.25, 0.3) is 10.9 Å². The van der Waals surface area contributed by atoms with Crippen molar-refractivity contribution in [1.29, 1.82) is 0 Å². The summed E-state index contributed by atoms with van der Waals surface area (Å²) in [6.07, 6.45) is 6.25. The van der Waals surface area contributed by atoms with E-state index in [1.165, 1.54) is 18.3 Å². The van der Waals surface area contributed by atoms with E-state index in [2.05, 4.69) is 31.8 Å². The second-order valence-electron chi connectivity index (χ2n) is 7.98. The Hall–Kier alpha value is -3.47. The molecule has 3 aromatic rings. The SMILES string of the molecule is COc1c(OC/C=C(\C)CCC=C(C)C)c2ccc(OCc3ccccc3)cc2[nH]c1=O. The number of pyridine rings is 1. The fraction of sp³-hybridized carbons (Fsp3) is 0.296. The molecule has 0 saturated carbocycles. The van der Waals surface area contributed by atoms with Gasteiger partial charge >= 0.3 is 0 Å². The van der Waals surface area contributed by atoms with Crippen molar-refractivity contribution in [3.8, 4) is 17.2 Å². The lowest BCUT2D eigenvalue weighted by Crippen LogP contribution is -2.12. The van der Waals surface area contributed by atoms with E-state index in [1.807, 2.05) is 54.6 Å². The fourth-order valence-electron chi connectivity index (χ4n) is 3.35. The van der Waals surface area contributed by atoms with Crippen LogP contribution in [0.1, 0.15) is 39.2 Å². The highest BCUT2D eigenvalue weighted by Gasteiger charge is 2.15. The summed E-state index contributed by atoms with van der Waals surface area (Å²) in [5, 5.41) is 0.768. The maximum Gasteiger partial charge on any atom is 0.294 e. The highest BCUT2D eigenvalue weighted by Crippen LogP contribution is 2.33. The molecule has 0 fully saturated rings. The number of benzene rings is 2. The monoisotopic (exact) mass is 433 g/mol. The van der Waals surface area contributed by atoms with Crippen molar-refractivity contribution in [2.24, 2.45) is 0 Å². The lowest BCUT2D eigenvalue weighted by molar-refractivity contribution is 0.306. The first-order valence-electron chi connectivity index (χ1n) is 10.8. The van der Waals surface area contributed by atoms with Crippen LogP contribution in [0.3, 0.4) is 0 Å². The molecule has 168 valence electrons. The van der Waals surface area contributed by atoms with Crippen LogP contribution in [0, 0.1) is 0 Å². The molecule has 2 aromatic carbocycles. The average Bonchev–Trinajstić information content (AvgIpc) is 2.78. The molecule has 1 N–H and O–H groups in total. The number of H-pyrrole nitrogens is 1. The van der Waals surface area contributed by atoms with Crippen LogP contribution in [0.4, 0.5) is 0 Å². The smallest absolute Gasteiger partial charge is 0.294 e. The molecule has 3 rings (SSSR count). The Kier molecular flexibility index (Phi) is 8.14. The predicted molar refractivity (Wildman–Crippen MR) is 130 cm³/mol. The molecule has 0 saturated heterocycles. The Labute approximate surface area is 189 Å². The van der Waals surface area contributed by atoms with Crippen LogP contribution in [-0.4, -0.2) is 18.7 Å². The van der Waals surface area contributed by atoms with Gasteiger partial charge in [0.2, 0.25) is 5.75 Å². The van der Waals surface area contributed by atoms with Crippen molar-refractivity contribution < 1.29 is 14.2 Å². The van der Waals surface area contributed by atoms with Crippen LogP contribution in [-0.2, 0) is 6.61 Å². The van der Waals surface area contributed by atoms with Gasteiger partial charge in [0.05, 0.1) is 12.6 Å². The molecule has 0 bridgehead atoms. The molecule has 1 aromatic heterocycles. The van der Waals surface area contributed by atoms with E-state index in [0.29, 0.717) is 30.2 Å². The van der Waals surface area contributed by atoms with E-state index in [9.17, 15) is 4.79 Å². The van der Waals surface area contributed by atoms with Gasteiger partial charge in [0, 0.05) is 11.5 Å². The van der Waals surface area contributed by atoms with Crippen molar-refractivity contribution >= 4 is 10.9 Å². The lowest BCUT2D eigenvalue weighted by atomic mass is 10.1. The van der Waals surface area contributed by atoms with Gasteiger partial charge in [-0.15, -0.1) is 0 Å². The Bertz CT molecular complexity index is 1160. The zero-order valence-electron chi connectivity index (χ0n) is 19.2. The van der Waals surface area contributed by atoms with Crippen LogP contribution >= 0.6 is 0 Å². The average molecular weight is 434 g/mol. The van der Waals surface area contributed by atoms with E-state index in [-0.39, 0.29) is 11.3 Å². The highest BCUT2D eigenvalue weighted by atomic mass is 16.5. The number of rotatable bonds is 10. The van der Waals surface area contributed by atoms with Gasteiger partial charge in [-0.2, -0.15) is 0 Å². The van der Waals surface area contributed by atoms with Crippen molar-refractivity contribution in [2.45, 2.75) is 40.2 Å². The number of aromatic nitrogens is 1. The normalized spacial score (nSPS) is 11.3. The van der Waals surface area contributed by atoms with Crippen molar-refractivity contribution in [3.05, 3.63) is 87.7 Å². The van der Waals surface area contributed by atoms with E-state index >= 15 is 0 Å². The lowest BCUT2D eigenvalue weighted by Gasteiger charge is -2.13. The third kappa shape index (κ3) is 6.27. The van der Waals surface area contributed by atoms with Crippen LogP contribution in [0.2, 0.25) is 0 Å². The maximum absolute atomic E-state index is 12.6. The van der Waals surface area contributed by atoms with E-state index in [4.69, 9.17) is 14.2 Å². The number of aromatic amines is 1. The van der Waals surface area contributed by atoms with Crippen LogP contribution in [0.15, 0.2) is 76.6 Å². The first kappa shape index (κ1) is 23.2. The second kappa shape index (κ2) is 11.2. The first-order chi connectivity index (χ1) is 15.5. The molecule has 0 amide bonds. The number of allylic oxidation sites excluding steroid dienone is 3. The summed E-state index contributed by atoms with van der Waals surface area (Å²) < 4.78 is 17.2. The summed E-state index contributed by atoms with van der Waals surface area (Å²) in [5.74, 6) is 1.28. The molecule has 32 heavy (non-hydrogen) atoms. The third-order valence-electron chi connectivity index (χ3n) is 5.10. The van der Waals surface area contributed by atoms with Gasteiger partial charge in [-0.25, -0.2) is 0 Å². The van der Waals surface area contributed by atoms with Crippen molar-refractivity contribution in [1.82, 2.24) is 4.98 Å². The van der Waals surface area contributed by atoms with Gasteiger partial charge in [0.1, 0.15) is 19.0 Å². The van der Waals surface area contributed by atoms with Gasteiger partial charge in [-0.3, -0.25) is 4.79 Å². The molecule has 1 heterocycles. The van der Waals surface area contributed by atoms with E-state index in [0.717, 1.165) is 23.8 Å². The molecule has 0 aliphatic carbocycles. The molecule has 0 aliphatic rings. The molecule has 5 nitrogen and oxygen atoms in total. The first-order valence-corrected chi connectivity index (χ1v) is 10.8. The van der Waals surface area contributed by atoms with Crippen molar-refractivity contribution in [3.63, 3.8) is 0 Å². The third-order valence-corrected chi connectivity index (χ3v) is 5.10. The number of ether oxygens (including phenoxy) is 3. The zero-order valence-corrected chi connectivity index (χ0v) is 19.2. The Morgan fingerprint density at radius 1 is 0.969 bits per heavy atom. The minimum Gasteiger partial charge on any atom is -0.489 e. The molecule has 5 heteroatoms. The van der Waals surface area contributed by atoms with E-state index < -0.39 is 0 Å². The van der Waals surface area contributed by atoms with Crippen molar-refractivity contribution in [2.75, 3.05) is 13.7 Å². The van der Waals surface area contributed by atoms with Crippen LogP contribution < -0.4 is 19.8 Å². The van der Waals surface area contributed by atoms with Gasteiger partial charge in [-0.1, -0.05) is 47.6 Å². The summed E-state index contributed by atoms with van der Waals surface area (Å²) in [6.45, 7) is 7.11. The van der Waals surface area contributed by atoms with Gasteiger partial charge in [0.15, 0.2) is 5.75 Å². The molecule has 0 aliphatic heterocycles. The quantitative estimate of drug-likeness (QED) is 0.388. The summed E-state index contributed by atoms with van der Waals surface area (Å²) >= 11 is 0. The minimum atomic E-state index is -0.334. The molecule has 0 atom stereocenters. The van der Waals surface area contributed by atoms with Crippen LogP contribution in [0.5, 0.6) is 17.2 Å². The molecule has 0 radical (unpaired) electrons. The molecule has 0 unspecified atom stereocenters. The number of nitrogens with one attached hydrogen (secondary N) is 1. The van der Waals surface area contributed by atoms with Gasteiger partial charge in [-0.05, 0) is 57.4 Å². The minimum absolute atomic E-state index is 0.172.